The van der Waals surface area contributed by atoms with Crippen LogP contribution in [0, 0.1) is 0 Å². The molecule has 3 rings (SSSR count). The number of hydrogen-bond acceptors (Lipinski definition) is 5. The molecule has 0 unspecified atom stereocenters. The number of carbonyl (C=O) groups is 1. The van der Waals surface area contributed by atoms with Gasteiger partial charge in [-0.2, -0.15) is 12.6 Å². The summed E-state index contributed by atoms with van der Waals surface area (Å²) in [4.78, 5) is 12.8. The standard InChI is InChI=1S/C22H26BNO3S/c1-21(2)22(3,4)27-23(26-21)17(14-28)12-15-10-11-19(24)18(13-15)20(25)16-8-6-5-7-9-16/h5-13,28H,14,24H2,1-4H3. The van der Waals surface area contributed by atoms with Gasteiger partial charge in [-0.15, -0.1) is 0 Å². The number of carbonyl (C=O) groups excluding carboxylic acids is 1. The zero-order chi connectivity index (χ0) is 20.5. The highest BCUT2D eigenvalue weighted by Crippen LogP contribution is 2.39. The summed E-state index contributed by atoms with van der Waals surface area (Å²) in [6.45, 7) is 8.07. The molecule has 0 bridgehead atoms. The van der Waals surface area contributed by atoms with E-state index in [-0.39, 0.29) is 5.78 Å². The largest absolute Gasteiger partial charge is 0.491 e. The topological polar surface area (TPSA) is 61.5 Å². The third-order valence-corrected chi connectivity index (χ3v) is 5.81. The summed E-state index contributed by atoms with van der Waals surface area (Å²) in [6, 6.07) is 14.6. The first-order valence-electron chi connectivity index (χ1n) is 9.31. The van der Waals surface area contributed by atoms with E-state index in [4.69, 9.17) is 15.0 Å². The summed E-state index contributed by atoms with van der Waals surface area (Å²) < 4.78 is 12.3. The van der Waals surface area contributed by atoms with Gasteiger partial charge in [0, 0.05) is 22.6 Å². The summed E-state index contributed by atoms with van der Waals surface area (Å²) in [6.07, 6.45) is 1.95. The van der Waals surface area contributed by atoms with Crippen molar-refractivity contribution in [2.75, 3.05) is 11.5 Å². The second kappa shape index (κ2) is 7.78. The number of thiol groups is 1. The molecule has 4 nitrogen and oxygen atoms in total. The number of anilines is 1. The van der Waals surface area contributed by atoms with Gasteiger partial charge in [-0.25, -0.2) is 0 Å². The highest BCUT2D eigenvalue weighted by molar-refractivity contribution is 7.80. The number of hydrogen-bond donors (Lipinski definition) is 2. The first-order valence-corrected chi connectivity index (χ1v) is 9.94. The van der Waals surface area contributed by atoms with E-state index in [0.717, 1.165) is 11.0 Å². The zero-order valence-electron chi connectivity index (χ0n) is 16.7. The molecule has 0 aliphatic carbocycles. The minimum absolute atomic E-state index is 0.101. The number of nitrogen functional groups attached to an aromatic ring is 1. The lowest BCUT2D eigenvalue weighted by Gasteiger charge is -2.32. The fourth-order valence-corrected chi connectivity index (χ4v) is 3.24. The second-order valence-corrected chi connectivity index (χ2v) is 8.32. The zero-order valence-corrected chi connectivity index (χ0v) is 17.6. The Bertz CT molecular complexity index is 893. The Hall–Kier alpha value is -2.02. The highest BCUT2D eigenvalue weighted by Gasteiger charge is 2.52. The normalized spacial score (nSPS) is 18.3. The highest BCUT2D eigenvalue weighted by atomic mass is 32.1. The van der Waals surface area contributed by atoms with Crippen LogP contribution in [0.3, 0.4) is 0 Å². The molecule has 0 radical (unpaired) electrons. The molecule has 1 saturated heterocycles. The van der Waals surface area contributed by atoms with Gasteiger partial charge in [0.05, 0.1) is 11.2 Å². The first-order chi connectivity index (χ1) is 13.1. The predicted octanol–water partition coefficient (Wildman–Crippen LogP) is 4.44. The molecule has 0 spiro atoms. The summed E-state index contributed by atoms with van der Waals surface area (Å²) in [5.74, 6) is 0.375. The van der Waals surface area contributed by atoms with Crippen LogP contribution in [-0.2, 0) is 9.31 Å². The van der Waals surface area contributed by atoms with Crippen molar-refractivity contribution < 1.29 is 14.1 Å². The van der Waals surface area contributed by atoms with Gasteiger partial charge < -0.3 is 15.0 Å². The minimum Gasteiger partial charge on any atom is -0.400 e. The van der Waals surface area contributed by atoms with Crippen molar-refractivity contribution in [1.82, 2.24) is 0 Å². The lowest BCUT2D eigenvalue weighted by Crippen LogP contribution is -2.41. The number of ketones is 1. The SMILES string of the molecule is CC1(C)OB(C(=Cc2ccc(N)c(C(=O)c3ccccc3)c2)CS)OC1(C)C. The Labute approximate surface area is 172 Å². The van der Waals surface area contributed by atoms with Crippen LogP contribution in [0.4, 0.5) is 5.69 Å². The molecule has 0 saturated carbocycles. The molecular weight excluding hydrogens is 369 g/mol. The minimum atomic E-state index is -0.478. The third kappa shape index (κ3) is 4.04. The molecule has 1 heterocycles. The molecule has 2 aromatic rings. The Morgan fingerprint density at radius 1 is 1.07 bits per heavy atom. The van der Waals surface area contributed by atoms with Gasteiger partial charge >= 0.3 is 7.12 Å². The molecule has 2 aromatic carbocycles. The van der Waals surface area contributed by atoms with Crippen molar-refractivity contribution in [3.63, 3.8) is 0 Å². The van der Waals surface area contributed by atoms with Crippen molar-refractivity contribution in [3.05, 3.63) is 70.7 Å². The van der Waals surface area contributed by atoms with Crippen LogP contribution in [0.1, 0.15) is 49.2 Å². The molecule has 1 fully saturated rings. The summed E-state index contributed by atoms with van der Waals surface area (Å²) in [5, 5.41) is 0. The lowest BCUT2D eigenvalue weighted by molar-refractivity contribution is 0.00578. The Morgan fingerprint density at radius 2 is 1.68 bits per heavy atom. The van der Waals surface area contributed by atoms with E-state index in [9.17, 15) is 4.79 Å². The van der Waals surface area contributed by atoms with Crippen LogP contribution < -0.4 is 5.73 Å². The van der Waals surface area contributed by atoms with Gasteiger partial charge in [0.15, 0.2) is 5.78 Å². The van der Waals surface area contributed by atoms with Crippen LogP contribution in [-0.4, -0.2) is 29.9 Å². The molecular formula is C22H26BNO3S. The average molecular weight is 395 g/mol. The van der Waals surface area contributed by atoms with Crippen LogP contribution in [0.5, 0.6) is 0 Å². The molecule has 28 heavy (non-hydrogen) atoms. The Morgan fingerprint density at radius 3 is 2.25 bits per heavy atom. The van der Waals surface area contributed by atoms with Gasteiger partial charge in [-0.3, -0.25) is 4.79 Å². The number of nitrogens with two attached hydrogens (primary N) is 1. The van der Waals surface area contributed by atoms with E-state index in [0.29, 0.717) is 22.6 Å². The van der Waals surface area contributed by atoms with Crippen LogP contribution in [0.25, 0.3) is 6.08 Å². The average Bonchev–Trinajstić information content (AvgIpc) is 2.88. The second-order valence-electron chi connectivity index (χ2n) is 8.01. The molecule has 0 amide bonds. The Kier molecular flexibility index (Phi) is 5.75. The molecule has 6 heteroatoms. The van der Waals surface area contributed by atoms with Gasteiger partial charge in [-0.05, 0) is 50.9 Å². The van der Waals surface area contributed by atoms with E-state index >= 15 is 0 Å². The smallest absolute Gasteiger partial charge is 0.400 e. The van der Waals surface area contributed by atoms with Crippen molar-refractivity contribution in [1.29, 1.82) is 0 Å². The maximum atomic E-state index is 12.8. The van der Waals surface area contributed by atoms with Gasteiger partial charge in [0.25, 0.3) is 0 Å². The summed E-state index contributed by atoms with van der Waals surface area (Å²) in [7, 11) is -0.478. The van der Waals surface area contributed by atoms with Crippen LogP contribution in [0.2, 0.25) is 0 Å². The van der Waals surface area contributed by atoms with E-state index in [1.807, 2.05) is 58.0 Å². The maximum Gasteiger partial charge on any atom is 0.491 e. The van der Waals surface area contributed by atoms with E-state index in [2.05, 4.69) is 12.6 Å². The monoisotopic (exact) mass is 395 g/mol. The summed E-state index contributed by atoms with van der Waals surface area (Å²) in [5.41, 5.74) is 8.52. The molecule has 146 valence electrons. The van der Waals surface area contributed by atoms with Crippen molar-refractivity contribution in [2.24, 2.45) is 0 Å². The first kappa shape index (κ1) is 20.7. The fourth-order valence-electron chi connectivity index (χ4n) is 3.00. The van der Waals surface area contributed by atoms with Gasteiger partial charge in [0.1, 0.15) is 0 Å². The molecule has 1 aliphatic heterocycles. The van der Waals surface area contributed by atoms with Crippen LogP contribution >= 0.6 is 12.6 Å². The van der Waals surface area contributed by atoms with Gasteiger partial charge in [-0.1, -0.05) is 42.5 Å². The molecule has 0 aromatic heterocycles. The Balaban J connectivity index is 1.92. The van der Waals surface area contributed by atoms with E-state index in [1.165, 1.54) is 0 Å². The third-order valence-electron chi connectivity index (χ3n) is 5.45. The predicted molar refractivity (Wildman–Crippen MR) is 119 cm³/mol. The lowest BCUT2D eigenvalue weighted by atomic mass is 9.78. The quantitative estimate of drug-likeness (QED) is 0.340. The van der Waals surface area contributed by atoms with Gasteiger partial charge in [0.2, 0.25) is 0 Å². The maximum absolute atomic E-state index is 12.8. The molecule has 0 atom stereocenters. The fraction of sp³-hybridized carbons (Fsp3) is 0.318. The molecule has 2 N–H and O–H groups in total. The van der Waals surface area contributed by atoms with E-state index < -0.39 is 18.3 Å². The van der Waals surface area contributed by atoms with Crippen LogP contribution in [0.15, 0.2) is 54.0 Å². The van der Waals surface area contributed by atoms with E-state index in [1.54, 1.807) is 24.3 Å². The number of benzene rings is 2. The number of rotatable bonds is 5. The summed E-state index contributed by atoms with van der Waals surface area (Å²) >= 11 is 4.46. The molecule has 1 aliphatic rings. The van der Waals surface area contributed by atoms with Crippen molar-refractivity contribution in [3.8, 4) is 0 Å². The van der Waals surface area contributed by atoms with Crippen molar-refractivity contribution in [2.45, 2.75) is 38.9 Å². The van der Waals surface area contributed by atoms with Crippen molar-refractivity contribution >= 4 is 37.3 Å².